The van der Waals surface area contributed by atoms with E-state index in [1.54, 1.807) is 12.2 Å². The first-order valence-corrected chi connectivity index (χ1v) is 4.45. The number of carbonyl (C=O) groups is 1. The van der Waals surface area contributed by atoms with Crippen molar-refractivity contribution in [2.45, 2.75) is 6.42 Å². The average Bonchev–Trinajstić information content (AvgIpc) is 2.20. The minimum atomic E-state index is -0.375. The van der Waals surface area contributed by atoms with Crippen LogP contribution in [-0.4, -0.2) is 17.3 Å². The van der Waals surface area contributed by atoms with Crippen LogP contribution < -0.4 is 5.73 Å². The number of benzene rings is 1. The first kappa shape index (κ1) is 11.0. The second-order valence-electron chi connectivity index (χ2n) is 2.95. The lowest BCUT2D eigenvalue weighted by Crippen LogP contribution is -2.07. The quantitative estimate of drug-likeness (QED) is 0.441. The first-order valence-electron chi connectivity index (χ1n) is 4.45. The van der Waals surface area contributed by atoms with Crippen molar-refractivity contribution in [2.24, 2.45) is 10.9 Å². The molecule has 3 N–H and O–H groups in total. The lowest BCUT2D eigenvalue weighted by Gasteiger charge is -1.98. The van der Waals surface area contributed by atoms with Crippen LogP contribution in [-0.2, 0) is 4.79 Å². The summed E-state index contributed by atoms with van der Waals surface area (Å²) in [6, 6.07) is 7.36. The van der Waals surface area contributed by atoms with Crippen molar-refractivity contribution in [3.63, 3.8) is 0 Å². The maximum absolute atomic E-state index is 10.5. The number of oxime groups is 1. The van der Waals surface area contributed by atoms with Crippen molar-refractivity contribution < 1.29 is 10.0 Å². The molecule has 0 saturated heterocycles. The Morgan fingerprint density at radius 3 is 2.67 bits per heavy atom. The summed E-state index contributed by atoms with van der Waals surface area (Å²) in [5.74, 6) is -0.375. The van der Waals surface area contributed by atoms with E-state index in [1.165, 1.54) is 6.21 Å². The molecule has 0 aliphatic heterocycles. The molecule has 0 aliphatic rings. The van der Waals surface area contributed by atoms with Crippen molar-refractivity contribution in [3.05, 3.63) is 41.5 Å². The van der Waals surface area contributed by atoms with Gasteiger partial charge in [0.05, 0.1) is 6.21 Å². The Labute approximate surface area is 87.7 Å². The van der Waals surface area contributed by atoms with E-state index in [2.05, 4.69) is 5.16 Å². The normalized spacial score (nSPS) is 11.2. The van der Waals surface area contributed by atoms with Crippen LogP contribution in [0.3, 0.4) is 0 Å². The molecule has 0 unspecified atom stereocenters. The Morgan fingerprint density at radius 2 is 2.07 bits per heavy atom. The van der Waals surface area contributed by atoms with Gasteiger partial charge in [-0.3, -0.25) is 4.79 Å². The molecule has 1 aromatic carbocycles. The van der Waals surface area contributed by atoms with Gasteiger partial charge in [0.25, 0.3) is 0 Å². The van der Waals surface area contributed by atoms with Gasteiger partial charge in [0.15, 0.2) is 0 Å². The second kappa shape index (κ2) is 5.59. The van der Waals surface area contributed by atoms with Gasteiger partial charge in [-0.25, -0.2) is 0 Å². The van der Waals surface area contributed by atoms with Crippen LogP contribution in [0.4, 0.5) is 0 Å². The van der Waals surface area contributed by atoms with Crippen molar-refractivity contribution in [1.82, 2.24) is 0 Å². The predicted molar refractivity (Wildman–Crippen MR) is 58.7 cm³/mol. The third kappa shape index (κ3) is 3.64. The Kier molecular flexibility index (Phi) is 4.09. The molecule has 0 aromatic heterocycles. The molecule has 0 spiro atoms. The fourth-order valence-electron chi connectivity index (χ4n) is 1.14. The SMILES string of the molecule is NC(=O)CC=Cc1ccccc1C=NO. The van der Waals surface area contributed by atoms with Gasteiger partial charge in [-0.2, -0.15) is 0 Å². The van der Waals surface area contributed by atoms with Gasteiger partial charge < -0.3 is 10.9 Å². The topological polar surface area (TPSA) is 75.7 Å². The average molecular weight is 204 g/mol. The monoisotopic (exact) mass is 204 g/mol. The third-order valence-corrected chi connectivity index (χ3v) is 1.81. The predicted octanol–water partition coefficient (Wildman–Crippen LogP) is 1.38. The van der Waals surface area contributed by atoms with Crippen LogP contribution >= 0.6 is 0 Å². The van der Waals surface area contributed by atoms with Crippen molar-refractivity contribution in [1.29, 1.82) is 0 Å². The molecule has 0 atom stereocenters. The molecular formula is C11H12N2O2. The number of nitrogens with zero attached hydrogens (tertiary/aromatic N) is 1. The minimum Gasteiger partial charge on any atom is -0.411 e. The fourth-order valence-corrected chi connectivity index (χ4v) is 1.14. The highest BCUT2D eigenvalue weighted by molar-refractivity contribution is 5.85. The standard InChI is InChI=1S/C11H12N2O2/c12-11(14)7-3-6-9-4-1-2-5-10(9)8-13-15/h1-6,8,15H,7H2,(H2,12,14). The molecule has 0 saturated carbocycles. The number of nitrogens with two attached hydrogens (primary N) is 1. The molecule has 1 rings (SSSR count). The fraction of sp³-hybridized carbons (Fsp3) is 0.0909. The summed E-state index contributed by atoms with van der Waals surface area (Å²) >= 11 is 0. The van der Waals surface area contributed by atoms with Crippen LogP contribution in [0.25, 0.3) is 6.08 Å². The number of primary amides is 1. The molecule has 0 radical (unpaired) electrons. The number of rotatable bonds is 4. The molecule has 15 heavy (non-hydrogen) atoms. The van der Waals surface area contributed by atoms with Crippen LogP contribution in [0.5, 0.6) is 0 Å². The van der Waals surface area contributed by atoms with E-state index in [9.17, 15) is 4.79 Å². The smallest absolute Gasteiger partial charge is 0.221 e. The molecule has 4 heteroatoms. The van der Waals surface area contributed by atoms with E-state index < -0.39 is 0 Å². The van der Waals surface area contributed by atoms with E-state index in [1.807, 2.05) is 24.3 Å². The summed E-state index contributed by atoms with van der Waals surface area (Å²) < 4.78 is 0. The van der Waals surface area contributed by atoms with E-state index in [4.69, 9.17) is 10.9 Å². The minimum absolute atomic E-state index is 0.199. The van der Waals surface area contributed by atoms with Gasteiger partial charge in [-0.05, 0) is 5.56 Å². The first-order chi connectivity index (χ1) is 7.24. The molecular weight excluding hydrogens is 192 g/mol. The maximum Gasteiger partial charge on any atom is 0.221 e. The summed E-state index contributed by atoms with van der Waals surface area (Å²) in [7, 11) is 0. The maximum atomic E-state index is 10.5. The van der Waals surface area contributed by atoms with Crippen LogP contribution in [0, 0.1) is 0 Å². The third-order valence-electron chi connectivity index (χ3n) is 1.81. The highest BCUT2D eigenvalue weighted by Gasteiger charge is 1.95. The Hall–Kier alpha value is -2.10. The van der Waals surface area contributed by atoms with Gasteiger partial charge in [-0.15, -0.1) is 0 Å². The summed E-state index contributed by atoms with van der Waals surface area (Å²) in [6.07, 6.45) is 4.97. The Morgan fingerprint density at radius 1 is 1.40 bits per heavy atom. The van der Waals surface area contributed by atoms with Gasteiger partial charge in [-0.1, -0.05) is 41.6 Å². The molecule has 0 heterocycles. The van der Waals surface area contributed by atoms with Crippen molar-refractivity contribution in [2.75, 3.05) is 0 Å². The van der Waals surface area contributed by atoms with Crippen LogP contribution in [0.2, 0.25) is 0 Å². The lowest BCUT2D eigenvalue weighted by atomic mass is 10.1. The molecule has 1 amide bonds. The molecule has 0 bridgehead atoms. The summed E-state index contributed by atoms with van der Waals surface area (Å²) in [5, 5.41) is 11.4. The molecule has 78 valence electrons. The highest BCUT2D eigenvalue weighted by atomic mass is 16.4. The van der Waals surface area contributed by atoms with E-state index in [0.29, 0.717) is 0 Å². The molecule has 4 nitrogen and oxygen atoms in total. The summed E-state index contributed by atoms with van der Waals surface area (Å²) in [6.45, 7) is 0. The number of carbonyl (C=O) groups excluding carboxylic acids is 1. The number of hydrogen-bond acceptors (Lipinski definition) is 3. The van der Waals surface area contributed by atoms with Crippen molar-refractivity contribution in [3.8, 4) is 0 Å². The van der Waals surface area contributed by atoms with Gasteiger partial charge in [0.2, 0.25) is 5.91 Å². The van der Waals surface area contributed by atoms with E-state index in [0.717, 1.165) is 11.1 Å². The number of hydrogen-bond donors (Lipinski definition) is 2. The Bertz CT molecular complexity index is 397. The van der Waals surface area contributed by atoms with Gasteiger partial charge in [0, 0.05) is 12.0 Å². The molecule has 0 fully saturated rings. The van der Waals surface area contributed by atoms with Crippen molar-refractivity contribution >= 4 is 18.2 Å². The van der Waals surface area contributed by atoms with Gasteiger partial charge in [0.1, 0.15) is 0 Å². The van der Waals surface area contributed by atoms with Crippen LogP contribution in [0.1, 0.15) is 17.5 Å². The molecule has 0 aliphatic carbocycles. The summed E-state index contributed by atoms with van der Waals surface area (Å²) in [5.41, 5.74) is 6.65. The molecule has 1 aromatic rings. The highest BCUT2D eigenvalue weighted by Crippen LogP contribution is 2.08. The van der Waals surface area contributed by atoms with Crippen LogP contribution in [0.15, 0.2) is 35.5 Å². The van der Waals surface area contributed by atoms with E-state index >= 15 is 0 Å². The second-order valence-corrected chi connectivity index (χ2v) is 2.95. The van der Waals surface area contributed by atoms with Gasteiger partial charge >= 0.3 is 0 Å². The van der Waals surface area contributed by atoms with E-state index in [-0.39, 0.29) is 12.3 Å². The zero-order valence-electron chi connectivity index (χ0n) is 8.13. The zero-order chi connectivity index (χ0) is 11.1. The Balaban J connectivity index is 2.84. The largest absolute Gasteiger partial charge is 0.411 e. The summed E-state index contributed by atoms with van der Waals surface area (Å²) in [4.78, 5) is 10.5. The number of amides is 1. The lowest BCUT2D eigenvalue weighted by molar-refractivity contribution is -0.117. The zero-order valence-corrected chi connectivity index (χ0v) is 8.13.